The Morgan fingerprint density at radius 3 is 2.68 bits per heavy atom. The zero-order valence-electron chi connectivity index (χ0n) is 14.2. The highest BCUT2D eigenvalue weighted by Crippen LogP contribution is 2.22. The van der Waals surface area contributed by atoms with Crippen LogP contribution in [-0.2, 0) is 6.54 Å². The summed E-state index contributed by atoms with van der Waals surface area (Å²) in [6, 6.07) is 10.1. The van der Waals surface area contributed by atoms with Crippen molar-refractivity contribution >= 4 is 6.09 Å². The summed E-state index contributed by atoms with van der Waals surface area (Å²) in [6.07, 6.45) is 4.15. The van der Waals surface area contributed by atoms with Gasteiger partial charge in [-0.2, -0.15) is 0 Å². The summed E-state index contributed by atoms with van der Waals surface area (Å²) in [7, 11) is 1.65. The third kappa shape index (κ3) is 4.67. The van der Waals surface area contributed by atoms with Gasteiger partial charge in [0.15, 0.2) is 0 Å². The van der Waals surface area contributed by atoms with Crippen LogP contribution in [0.25, 0.3) is 0 Å². The normalized spacial score (nSPS) is 15.7. The first kappa shape index (κ1) is 17.2. The second-order valence-corrected chi connectivity index (χ2v) is 6.18. The number of aromatic nitrogens is 2. The summed E-state index contributed by atoms with van der Waals surface area (Å²) in [5, 5.41) is 9.08. The molecule has 1 N–H and O–H groups in total. The van der Waals surface area contributed by atoms with Crippen LogP contribution in [0.4, 0.5) is 4.79 Å². The van der Waals surface area contributed by atoms with E-state index in [1.54, 1.807) is 25.5 Å². The first-order chi connectivity index (χ1) is 12.1. The quantitative estimate of drug-likeness (QED) is 0.900. The molecule has 1 aromatic carbocycles. The van der Waals surface area contributed by atoms with E-state index < -0.39 is 6.09 Å². The molecule has 0 radical (unpaired) electrons. The van der Waals surface area contributed by atoms with Crippen molar-refractivity contribution in [2.75, 3.05) is 20.1 Å². The Kier molecular flexibility index (Phi) is 5.45. The number of amides is 1. The maximum absolute atomic E-state index is 11.0. The standard InChI is InChI=1S/C18H22N4O3/c1-21(18(23)24)15-6-10-22(11-7-15)13-14-4-2-5-16(12-14)25-17-19-8-3-9-20-17/h2-5,8-9,12,15H,6-7,10-11,13H2,1H3,(H,23,24). The SMILES string of the molecule is CN(C(=O)O)C1CCN(Cc2cccc(Oc3ncccn3)c2)CC1. The molecule has 0 unspecified atom stereocenters. The molecule has 0 saturated carbocycles. The summed E-state index contributed by atoms with van der Waals surface area (Å²) in [4.78, 5) is 22.9. The molecule has 0 spiro atoms. The summed E-state index contributed by atoms with van der Waals surface area (Å²) < 4.78 is 5.67. The maximum atomic E-state index is 11.0. The number of benzene rings is 1. The second-order valence-electron chi connectivity index (χ2n) is 6.18. The van der Waals surface area contributed by atoms with Crippen LogP contribution < -0.4 is 4.74 Å². The van der Waals surface area contributed by atoms with Gasteiger partial charge >= 0.3 is 12.1 Å². The zero-order valence-corrected chi connectivity index (χ0v) is 14.2. The molecule has 1 aromatic heterocycles. The Hall–Kier alpha value is -2.67. The molecule has 25 heavy (non-hydrogen) atoms. The van der Waals surface area contributed by atoms with Gasteiger partial charge in [0.25, 0.3) is 0 Å². The largest absolute Gasteiger partial charge is 0.465 e. The molecule has 1 aliphatic rings. The smallest absolute Gasteiger partial charge is 0.407 e. The third-order valence-corrected chi connectivity index (χ3v) is 4.46. The lowest BCUT2D eigenvalue weighted by atomic mass is 10.0. The van der Waals surface area contributed by atoms with E-state index in [2.05, 4.69) is 20.9 Å². The van der Waals surface area contributed by atoms with E-state index in [0.29, 0.717) is 11.8 Å². The lowest BCUT2D eigenvalue weighted by Gasteiger charge is -2.35. The minimum absolute atomic E-state index is 0.110. The van der Waals surface area contributed by atoms with Crippen molar-refractivity contribution in [2.24, 2.45) is 0 Å². The monoisotopic (exact) mass is 342 g/mol. The fourth-order valence-corrected chi connectivity index (χ4v) is 3.03. The summed E-state index contributed by atoms with van der Waals surface area (Å²) >= 11 is 0. The van der Waals surface area contributed by atoms with Gasteiger partial charge < -0.3 is 14.7 Å². The Morgan fingerprint density at radius 1 is 1.28 bits per heavy atom. The van der Waals surface area contributed by atoms with E-state index in [1.807, 2.05) is 18.2 Å². The van der Waals surface area contributed by atoms with Gasteiger partial charge in [-0.25, -0.2) is 14.8 Å². The van der Waals surface area contributed by atoms with E-state index in [-0.39, 0.29) is 6.04 Å². The molecule has 3 rings (SSSR count). The number of ether oxygens (including phenoxy) is 1. The molecule has 2 heterocycles. The first-order valence-electron chi connectivity index (χ1n) is 8.34. The average molecular weight is 342 g/mol. The van der Waals surface area contributed by atoms with Crippen molar-refractivity contribution in [3.8, 4) is 11.8 Å². The molecule has 1 aliphatic heterocycles. The molecule has 0 atom stereocenters. The summed E-state index contributed by atoms with van der Waals surface area (Å²) in [6.45, 7) is 2.58. The lowest BCUT2D eigenvalue weighted by Crippen LogP contribution is -2.44. The zero-order chi connectivity index (χ0) is 17.6. The van der Waals surface area contributed by atoms with Crippen LogP contribution in [0.3, 0.4) is 0 Å². The molecule has 1 amide bonds. The summed E-state index contributed by atoms with van der Waals surface area (Å²) in [5.74, 6) is 0.712. The van der Waals surface area contributed by atoms with Gasteiger partial charge in [0.2, 0.25) is 0 Å². The highest BCUT2D eigenvalue weighted by Gasteiger charge is 2.24. The Labute approximate surface area is 146 Å². The van der Waals surface area contributed by atoms with Crippen molar-refractivity contribution in [3.63, 3.8) is 0 Å². The predicted molar refractivity (Wildman–Crippen MR) is 92.6 cm³/mol. The van der Waals surface area contributed by atoms with E-state index >= 15 is 0 Å². The van der Waals surface area contributed by atoms with Crippen LogP contribution in [0.1, 0.15) is 18.4 Å². The highest BCUT2D eigenvalue weighted by molar-refractivity contribution is 5.64. The van der Waals surface area contributed by atoms with E-state index in [4.69, 9.17) is 9.84 Å². The Balaban J connectivity index is 1.55. The molecule has 1 saturated heterocycles. The predicted octanol–water partition coefficient (Wildman–Crippen LogP) is 2.84. The fourth-order valence-electron chi connectivity index (χ4n) is 3.03. The van der Waals surface area contributed by atoms with Crippen LogP contribution in [0.5, 0.6) is 11.8 Å². The minimum Gasteiger partial charge on any atom is -0.465 e. The number of likely N-dealkylation sites (tertiary alicyclic amines) is 1. The number of nitrogens with zero attached hydrogens (tertiary/aromatic N) is 4. The molecule has 0 aliphatic carbocycles. The van der Waals surface area contributed by atoms with Crippen LogP contribution in [0.2, 0.25) is 0 Å². The number of carboxylic acid groups (broad SMARTS) is 1. The van der Waals surface area contributed by atoms with E-state index in [9.17, 15) is 4.79 Å². The Morgan fingerprint density at radius 2 is 2.00 bits per heavy atom. The van der Waals surface area contributed by atoms with Crippen molar-refractivity contribution < 1.29 is 14.6 Å². The van der Waals surface area contributed by atoms with E-state index in [0.717, 1.165) is 38.0 Å². The van der Waals surface area contributed by atoms with Gasteiger partial charge in [0.05, 0.1) is 0 Å². The van der Waals surface area contributed by atoms with Crippen molar-refractivity contribution in [1.82, 2.24) is 19.8 Å². The van der Waals surface area contributed by atoms with Crippen LogP contribution in [-0.4, -0.2) is 57.1 Å². The maximum Gasteiger partial charge on any atom is 0.407 e. The third-order valence-electron chi connectivity index (χ3n) is 4.46. The summed E-state index contributed by atoms with van der Waals surface area (Å²) in [5.41, 5.74) is 1.15. The van der Waals surface area contributed by atoms with E-state index in [1.165, 1.54) is 4.90 Å². The van der Waals surface area contributed by atoms with Crippen LogP contribution >= 0.6 is 0 Å². The van der Waals surface area contributed by atoms with Crippen LogP contribution in [0, 0.1) is 0 Å². The van der Waals surface area contributed by atoms with Crippen molar-refractivity contribution in [2.45, 2.75) is 25.4 Å². The lowest BCUT2D eigenvalue weighted by molar-refractivity contribution is 0.103. The number of carbonyl (C=O) groups is 1. The number of hydrogen-bond donors (Lipinski definition) is 1. The first-order valence-corrected chi connectivity index (χ1v) is 8.34. The van der Waals surface area contributed by atoms with Crippen molar-refractivity contribution in [3.05, 3.63) is 48.3 Å². The van der Waals surface area contributed by atoms with Gasteiger partial charge in [0.1, 0.15) is 5.75 Å². The number of hydrogen-bond acceptors (Lipinski definition) is 5. The fraction of sp³-hybridized carbons (Fsp3) is 0.389. The number of rotatable bonds is 5. The van der Waals surface area contributed by atoms with Gasteiger partial charge in [-0.1, -0.05) is 12.1 Å². The molecule has 0 bridgehead atoms. The average Bonchev–Trinajstić information content (AvgIpc) is 2.63. The van der Waals surface area contributed by atoms with Gasteiger partial charge in [-0.05, 0) is 36.6 Å². The molecule has 2 aromatic rings. The van der Waals surface area contributed by atoms with Gasteiger partial charge in [0, 0.05) is 45.1 Å². The van der Waals surface area contributed by atoms with Crippen molar-refractivity contribution in [1.29, 1.82) is 0 Å². The topological polar surface area (TPSA) is 78.8 Å². The Bertz CT molecular complexity index is 702. The molecule has 7 nitrogen and oxygen atoms in total. The molecule has 132 valence electrons. The molecule has 7 heteroatoms. The minimum atomic E-state index is -0.855. The second kappa shape index (κ2) is 7.94. The van der Waals surface area contributed by atoms with Crippen LogP contribution in [0.15, 0.2) is 42.7 Å². The molecule has 1 fully saturated rings. The highest BCUT2D eigenvalue weighted by atomic mass is 16.5. The van der Waals surface area contributed by atoms with Gasteiger partial charge in [-0.3, -0.25) is 4.90 Å². The number of piperidine rings is 1. The molecular formula is C18H22N4O3. The van der Waals surface area contributed by atoms with Gasteiger partial charge in [-0.15, -0.1) is 0 Å². The molecular weight excluding hydrogens is 320 g/mol.